The van der Waals surface area contributed by atoms with E-state index in [-0.39, 0.29) is 18.7 Å². The quantitative estimate of drug-likeness (QED) is 0.309. The molecule has 40 heavy (non-hydrogen) atoms. The molecule has 3 rings (SSSR count). The van der Waals surface area contributed by atoms with E-state index in [1.165, 1.54) is 18.3 Å². The van der Waals surface area contributed by atoms with Gasteiger partial charge in [0.2, 0.25) is 17.7 Å². The summed E-state index contributed by atoms with van der Waals surface area (Å²) < 4.78 is 39.1. The largest absolute Gasteiger partial charge is 0.416 e. The zero-order chi connectivity index (χ0) is 29.3. The van der Waals surface area contributed by atoms with Gasteiger partial charge in [-0.05, 0) is 36.2 Å². The lowest BCUT2D eigenvalue weighted by atomic mass is 10.0. The molecule has 0 aliphatic rings. The molecule has 2 atom stereocenters. The molecule has 0 saturated carbocycles. The van der Waals surface area contributed by atoms with Crippen molar-refractivity contribution in [2.75, 3.05) is 25.0 Å². The number of carbonyl (C=O) groups is 3. The highest BCUT2D eigenvalue weighted by atomic mass is 19.4. The monoisotopic (exact) mass is 557 g/mol. The van der Waals surface area contributed by atoms with Crippen molar-refractivity contribution >= 4 is 34.3 Å². The van der Waals surface area contributed by atoms with Crippen LogP contribution in [0.4, 0.5) is 18.9 Å². The number of benzene rings is 2. The van der Waals surface area contributed by atoms with Crippen LogP contribution in [-0.2, 0) is 27.0 Å². The first kappa shape index (κ1) is 30.6. The Morgan fingerprint density at radius 1 is 1.02 bits per heavy atom. The number of halogens is 3. The Morgan fingerprint density at radius 3 is 2.38 bits per heavy atom. The molecule has 3 amide bonds. The highest BCUT2D eigenvalue weighted by molar-refractivity contribution is 5.99. The maximum Gasteiger partial charge on any atom is 0.416 e. The molecule has 11 heteroatoms. The fourth-order valence-electron chi connectivity index (χ4n) is 4.23. The smallest absolute Gasteiger partial charge is 0.344 e. The Morgan fingerprint density at radius 2 is 1.73 bits per heavy atom. The lowest BCUT2D eigenvalue weighted by molar-refractivity contribution is -0.137. The third-order valence-electron chi connectivity index (χ3n) is 6.39. The molecule has 0 saturated heterocycles. The van der Waals surface area contributed by atoms with Gasteiger partial charge in [0.15, 0.2) is 0 Å². The van der Waals surface area contributed by atoms with Crippen molar-refractivity contribution in [2.45, 2.75) is 45.3 Å². The van der Waals surface area contributed by atoms with Gasteiger partial charge in [0, 0.05) is 43.8 Å². The van der Waals surface area contributed by atoms with Gasteiger partial charge in [-0.1, -0.05) is 44.2 Å². The van der Waals surface area contributed by atoms with E-state index in [2.05, 4.69) is 15.6 Å². The van der Waals surface area contributed by atoms with E-state index in [1.807, 2.05) is 31.2 Å². The summed E-state index contributed by atoms with van der Waals surface area (Å²) in [6.07, 6.45) is -2.41. The number of anilines is 1. The van der Waals surface area contributed by atoms with Crippen molar-refractivity contribution < 1.29 is 27.6 Å². The number of amides is 3. The molecule has 1 heterocycles. The summed E-state index contributed by atoms with van der Waals surface area (Å²) in [4.78, 5) is 45.0. The summed E-state index contributed by atoms with van der Waals surface area (Å²) in [6, 6.07) is 12.4. The number of rotatable bonds is 12. The van der Waals surface area contributed by atoms with E-state index in [0.29, 0.717) is 30.9 Å². The average Bonchev–Trinajstić information content (AvgIpc) is 2.92. The normalized spacial score (nSPS) is 12.9. The number of para-hydroxylation sites is 1. The van der Waals surface area contributed by atoms with Gasteiger partial charge < -0.3 is 21.3 Å². The molecule has 0 aliphatic heterocycles. The second-order valence-electron chi connectivity index (χ2n) is 9.64. The van der Waals surface area contributed by atoms with Crippen molar-refractivity contribution in [3.63, 3.8) is 0 Å². The van der Waals surface area contributed by atoms with Crippen LogP contribution < -0.4 is 16.4 Å². The SMILES string of the molecule is CCCN(CCN)C(=O)C[C@H](C)C(=O)N[C@@H](Cc1ccc(C(F)(F)F)cc1)C(=O)Nc1cnc2ccccc2c1. The third-order valence-corrected chi connectivity index (χ3v) is 6.39. The number of pyridine rings is 1. The van der Waals surface area contributed by atoms with Crippen LogP contribution >= 0.6 is 0 Å². The zero-order valence-corrected chi connectivity index (χ0v) is 22.5. The number of alkyl halides is 3. The highest BCUT2D eigenvalue weighted by Crippen LogP contribution is 2.29. The predicted octanol–water partition coefficient (Wildman–Crippen LogP) is 4.14. The molecule has 214 valence electrons. The van der Waals surface area contributed by atoms with Gasteiger partial charge in [0.25, 0.3) is 0 Å². The maximum atomic E-state index is 13.3. The summed E-state index contributed by atoms with van der Waals surface area (Å²) in [7, 11) is 0. The first-order valence-corrected chi connectivity index (χ1v) is 13.1. The molecule has 0 fully saturated rings. The summed E-state index contributed by atoms with van der Waals surface area (Å²) in [5.74, 6) is -2.07. The van der Waals surface area contributed by atoms with E-state index in [1.54, 1.807) is 17.9 Å². The predicted molar refractivity (Wildman–Crippen MR) is 147 cm³/mol. The van der Waals surface area contributed by atoms with Crippen LogP contribution in [0.1, 0.15) is 37.8 Å². The molecule has 0 spiro atoms. The van der Waals surface area contributed by atoms with E-state index >= 15 is 0 Å². The molecule has 0 unspecified atom stereocenters. The van der Waals surface area contributed by atoms with Crippen molar-refractivity contribution in [3.05, 3.63) is 71.9 Å². The minimum Gasteiger partial charge on any atom is -0.344 e. The summed E-state index contributed by atoms with van der Waals surface area (Å²) >= 11 is 0. The average molecular weight is 558 g/mol. The fraction of sp³-hybridized carbons (Fsp3) is 0.379. The van der Waals surface area contributed by atoms with Gasteiger partial charge in [-0.25, -0.2) is 0 Å². The van der Waals surface area contributed by atoms with E-state index in [4.69, 9.17) is 5.73 Å². The molecule has 0 bridgehead atoms. The molecule has 4 N–H and O–H groups in total. The van der Waals surface area contributed by atoms with Crippen molar-refractivity contribution in [1.29, 1.82) is 0 Å². The minimum absolute atomic E-state index is 0.0630. The van der Waals surface area contributed by atoms with E-state index in [0.717, 1.165) is 29.5 Å². The number of hydrogen-bond acceptors (Lipinski definition) is 5. The molecule has 0 aliphatic carbocycles. The third kappa shape index (κ3) is 8.51. The molecular weight excluding hydrogens is 523 g/mol. The molecule has 2 aromatic carbocycles. The Labute approximate surface area is 231 Å². The van der Waals surface area contributed by atoms with Crippen LogP contribution in [0.3, 0.4) is 0 Å². The minimum atomic E-state index is -4.50. The summed E-state index contributed by atoms with van der Waals surface area (Å²) in [6.45, 7) is 4.71. The zero-order valence-electron chi connectivity index (χ0n) is 22.5. The molecule has 1 aromatic heterocycles. The van der Waals surface area contributed by atoms with Gasteiger partial charge in [-0.3, -0.25) is 19.4 Å². The maximum absolute atomic E-state index is 13.3. The first-order valence-electron chi connectivity index (χ1n) is 13.1. The number of nitrogens with one attached hydrogen (secondary N) is 2. The number of nitrogens with two attached hydrogens (primary N) is 1. The van der Waals surface area contributed by atoms with Crippen molar-refractivity contribution in [2.24, 2.45) is 11.7 Å². The molecule has 0 radical (unpaired) electrons. The van der Waals surface area contributed by atoms with Gasteiger partial charge in [-0.15, -0.1) is 0 Å². The fourth-order valence-corrected chi connectivity index (χ4v) is 4.23. The molecular formula is C29H34F3N5O3. The summed E-state index contributed by atoms with van der Waals surface area (Å²) in [5.41, 5.74) is 6.35. The highest BCUT2D eigenvalue weighted by Gasteiger charge is 2.31. The standard InChI is InChI=1S/C29H34F3N5O3/c1-3-13-37(14-12-33)26(38)15-19(2)27(39)36-25(16-20-8-10-22(11-9-20)29(30,31)32)28(40)35-23-17-21-6-4-5-7-24(21)34-18-23/h4-11,17-19,25H,3,12-16,33H2,1-2H3,(H,35,40)(H,36,39)/t19-,25-/m0/s1. The lowest BCUT2D eigenvalue weighted by Crippen LogP contribution is -2.47. The van der Waals surface area contributed by atoms with Crippen LogP contribution in [-0.4, -0.2) is 53.3 Å². The van der Waals surface area contributed by atoms with Crippen molar-refractivity contribution in [1.82, 2.24) is 15.2 Å². The lowest BCUT2D eigenvalue weighted by Gasteiger charge is -2.24. The number of carbonyl (C=O) groups excluding carboxylic acids is 3. The second kappa shape index (κ2) is 13.9. The van der Waals surface area contributed by atoms with Crippen LogP contribution in [0, 0.1) is 5.92 Å². The van der Waals surface area contributed by atoms with Crippen LogP contribution in [0.2, 0.25) is 0 Å². The molecule has 3 aromatic rings. The Bertz CT molecular complexity index is 1310. The topological polar surface area (TPSA) is 117 Å². The summed E-state index contributed by atoms with van der Waals surface area (Å²) in [5, 5.41) is 6.22. The van der Waals surface area contributed by atoms with Crippen LogP contribution in [0.5, 0.6) is 0 Å². The number of nitrogens with zero attached hydrogens (tertiary/aromatic N) is 2. The molecule has 8 nitrogen and oxygen atoms in total. The number of hydrogen-bond donors (Lipinski definition) is 3. The first-order chi connectivity index (χ1) is 19.0. The van der Waals surface area contributed by atoms with Crippen LogP contribution in [0.15, 0.2) is 60.8 Å². The number of fused-ring (bicyclic) bond motifs is 1. The van der Waals surface area contributed by atoms with Crippen LogP contribution in [0.25, 0.3) is 10.9 Å². The Kier molecular flexibility index (Phi) is 10.6. The second-order valence-corrected chi connectivity index (χ2v) is 9.64. The Hall–Kier alpha value is -3.99. The van der Waals surface area contributed by atoms with E-state index in [9.17, 15) is 27.6 Å². The van der Waals surface area contributed by atoms with E-state index < -0.39 is 35.5 Å². The van der Waals surface area contributed by atoms with Crippen molar-refractivity contribution in [3.8, 4) is 0 Å². The van der Waals surface area contributed by atoms with Gasteiger partial charge in [0.05, 0.1) is 23.0 Å². The Balaban J connectivity index is 1.77. The van der Waals surface area contributed by atoms with Gasteiger partial charge in [0.1, 0.15) is 6.04 Å². The number of aromatic nitrogens is 1. The van der Waals surface area contributed by atoms with Gasteiger partial charge >= 0.3 is 6.18 Å². The van der Waals surface area contributed by atoms with Gasteiger partial charge in [-0.2, -0.15) is 13.2 Å².